The number of ether oxygens (including phenoxy) is 2. The van der Waals surface area contributed by atoms with Crippen molar-refractivity contribution < 1.29 is 13.9 Å². The summed E-state index contributed by atoms with van der Waals surface area (Å²) < 4.78 is 16.0. The molecule has 0 radical (unpaired) electrons. The Labute approximate surface area is 139 Å². The topological polar surface area (TPSA) is 38.1 Å². The quantitative estimate of drug-likeness (QED) is 0.768. The molecule has 130 valence electrons. The molecular weight excluding hydrogens is 292 g/mol. The molecule has 2 aliphatic rings. The van der Waals surface area contributed by atoms with E-state index in [1.807, 2.05) is 13.4 Å². The summed E-state index contributed by atoms with van der Waals surface area (Å²) in [6.45, 7) is 8.44. The van der Waals surface area contributed by atoms with E-state index in [1.54, 1.807) is 13.4 Å². The lowest BCUT2D eigenvalue weighted by Crippen LogP contribution is -2.45. The standard InChI is InChI=1S/C18H30N2O3/c1-21-10-8-20-12-17(14-22-2)18(15-20)4-6-19(7-5-18)11-16-3-9-23-13-16/h3,9,13,17H,4-8,10-12,14-15H2,1-2H3. The fourth-order valence-electron chi connectivity index (χ4n) is 4.33. The maximum Gasteiger partial charge on any atom is 0.0947 e. The van der Waals surface area contributed by atoms with E-state index in [-0.39, 0.29) is 0 Å². The summed E-state index contributed by atoms with van der Waals surface area (Å²) in [7, 11) is 3.62. The van der Waals surface area contributed by atoms with Crippen LogP contribution >= 0.6 is 0 Å². The smallest absolute Gasteiger partial charge is 0.0947 e. The molecule has 0 N–H and O–H groups in total. The third kappa shape index (κ3) is 3.97. The molecule has 1 aromatic heterocycles. The Morgan fingerprint density at radius 3 is 2.70 bits per heavy atom. The lowest BCUT2D eigenvalue weighted by Gasteiger charge is -2.42. The van der Waals surface area contributed by atoms with E-state index >= 15 is 0 Å². The number of piperidine rings is 1. The Bertz CT molecular complexity index is 455. The first kappa shape index (κ1) is 17.0. The van der Waals surface area contributed by atoms with Gasteiger partial charge in [-0.15, -0.1) is 0 Å². The summed E-state index contributed by atoms with van der Waals surface area (Å²) in [6, 6.07) is 2.07. The average Bonchev–Trinajstić information content (AvgIpc) is 3.17. The Morgan fingerprint density at radius 2 is 2.04 bits per heavy atom. The van der Waals surface area contributed by atoms with Crippen LogP contribution in [0.4, 0.5) is 0 Å². The van der Waals surface area contributed by atoms with Gasteiger partial charge in [0.2, 0.25) is 0 Å². The maximum absolute atomic E-state index is 5.53. The first-order chi connectivity index (χ1) is 11.3. The van der Waals surface area contributed by atoms with Gasteiger partial charge in [0.25, 0.3) is 0 Å². The number of methoxy groups -OCH3 is 2. The summed E-state index contributed by atoms with van der Waals surface area (Å²) in [4.78, 5) is 5.12. The van der Waals surface area contributed by atoms with E-state index in [4.69, 9.17) is 13.9 Å². The van der Waals surface area contributed by atoms with Gasteiger partial charge in [-0.3, -0.25) is 4.90 Å². The molecule has 2 saturated heterocycles. The second kappa shape index (κ2) is 7.79. The highest BCUT2D eigenvalue weighted by Gasteiger charge is 2.47. The monoisotopic (exact) mass is 322 g/mol. The van der Waals surface area contributed by atoms with Crippen molar-refractivity contribution in [3.63, 3.8) is 0 Å². The minimum atomic E-state index is 0.427. The Hall–Kier alpha value is -0.880. The van der Waals surface area contributed by atoms with Crippen molar-refractivity contribution in [2.45, 2.75) is 19.4 Å². The van der Waals surface area contributed by atoms with Crippen LogP contribution in [0.5, 0.6) is 0 Å². The summed E-state index contributed by atoms with van der Waals surface area (Å²) >= 11 is 0. The van der Waals surface area contributed by atoms with E-state index in [9.17, 15) is 0 Å². The van der Waals surface area contributed by atoms with Gasteiger partial charge in [0.1, 0.15) is 0 Å². The first-order valence-corrected chi connectivity index (χ1v) is 8.69. The van der Waals surface area contributed by atoms with Gasteiger partial charge < -0.3 is 18.8 Å². The lowest BCUT2D eigenvalue weighted by atomic mass is 9.71. The fraction of sp³-hybridized carbons (Fsp3) is 0.778. The molecular formula is C18H30N2O3. The minimum Gasteiger partial charge on any atom is -0.472 e. The van der Waals surface area contributed by atoms with Crippen molar-refractivity contribution in [2.75, 3.05) is 60.2 Å². The van der Waals surface area contributed by atoms with Crippen molar-refractivity contribution in [3.8, 4) is 0 Å². The predicted octanol–water partition coefficient (Wildman–Crippen LogP) is 2.09. The number of likely N-dealkylation sites (tertiary alicyclic amines) is 2. The third-order valence-electron chi connectivity index (χ3n) is 5.70. The van der Waals surface area contributed by atoms with Gasteiger partial charge in [0.15, 0.2) is 0 Å². The van der Waals surface area contributed by atoms with Crippen molar-refractivity contribution in [3.05, 3.63) is 24.2 Å². The Morgan fingerprint density at radius 1 is 1.22 bits per heavy atom. The fourth-order valence-corrected chi connectivity index (χ4v) is 4.33. The molecule has 0 saturated carbocycles. The zero-order chi connectivity index (χ0) is 16.1. The zero-order valence-electron chi connectivity index (χ0n) is 14.5. The van der Waals surface area contributed by atoms with Crippen LogP contribution in [0.15, 0.2) is 23.0 Å². The average molecular weight is 322 g/mol. The molecule has 2 aliphatic heterocycles. The number of hydrogen-bond donors (Lipinski definition) is 0. The zero-order valence-corrected chi connectivity index (χ0v) is 14.5. The highest BCUT2D eigenvalue weighted by Crippen LogP contribution is 2.44. The maximum atomic E-state index is 5.53. The lowest BCUT2D eigenvalue weighted by molar-refractivity contribution is 0.0348. The molecule has 1 unspecified atom stereocenters. The first-order valence-electron chi connectivity index (χ1n) is 8.69. The van der Waals surface area contributed by atoms with E-state index < -0.39 is 0 Å². The van der Waals surface area contributed by atoms with E-state index in [0.29, 0.717) is 11.3 Å². The molecule has 23 heavy (non-hydrogen) atoms. The van der Waals surface area contributed by atoms with E-state index in [2.05, 4.69) is 15.9 Å². The molecule has 2 fully saturated rings. The van der Waals surface area contributed by atoms with Gasteiger partial charge in [-0.05, 0) is 37.4 Å². The van der Waals surface area contributed by atoms with E-state index in [0.717, 1.165) is 32.8 Å². The Kier molecular flexibility index (Phi) is 5.75. The number of rotatable bonds is 7. The summed E-state index contributed by atoms with van der Waals surface area (Å²) in [5, 5.41) is 0. The number of furan rings is 1. The van der Waals surface area contributed by atoms with Crippen molar-refractivity contribution in [1.29, 1.82) is 0 Å². The summed E-state index contributed by atoms with van der Waals surface area (Å²) in [5.74, 6) is 0.653. The van der Waals surface area contributed by atoms with Gasteiger partial charge in [-0.1, -0.05) is 0 Å². The molecule has 0 bridgehead atoms. The molecule has 0 amide bonds. The molecule has 3 rings (SSSR count). The third-order valence-corrected chi connectivity index (χ3v) is 5.70. The van der Waals surface area contributed by atoms with Crippen molar-refractivity contribution in [1.82, 2.24) is 9.80 Å². The van der Waals surface area contributed by atoms with E-state index in [1.165, 1.54) is 38.0 Å². The molecule has 5 heteroatoms. The molecule has 1 spiro atoms. The number of nitrogens with zero attached hydrogens (tertiary/aromatic N) is 2. The number of hydrogen-bond acceptors (Lipinski definition) is 5. The van der Waals surface area contributed by atoms with Crippen LogP contribution in [-0.2, 0) is 16.0 Å². The van der Waals surface area contributed by atoms with Crippen LogP contribution in [0.3, 0.4) is 0 Å². The van der Waals surface area contributed by atoms with Crippen LogP contribution < -0.4 is 0 Å². The Balaban J connectivity index is 1.57. The SMILES string of the molecule is COCCN1CC(COC)C2(CCN(Cc3ccoc3)CC2)C1. The second-order valence-corrected chi connectivity index (χ2v) is 7.15. The molecule has 0 aromatic carbocycles. The van der Waals surface area contributed by atoms with Crippen molar-refractivity contribution >= 4 is 0 Å². The normalized spacial score (nSPS) is 25.4. The van der Waals surface area contributed by atoms with Gasteiger partial charge in [-0.25, -0.2) is 0 Å². The summed E-state index contributed by atoms with van der Waals surface area (Å²) in [6.07, 6.45) is 6.16. The van der Waals surface area contributed by atoms with Gasteiger partial charge >= 0.3 is 0 Å². The van der Waals surface area contributed by atoms with Crippen LogP contribution in [0.25, 0.3) is 0 Å². The van der Waals surface area contributed by atoms with Gasteiger partial charge in [0, 0.05) is 51.9 Å². The molecule has 3 heterocycles. The molecule has 1 atom stereocenters. The molecule has 5 nitrogen and oxygen atoms in total. The van der Waals surface area contributed by atoms with Crippen molar-refractivity contribution in [2.24, 2.45) is 11.3 Å². The summed E-state index contributed by atoms with van der Waals surface area (Å²) in [5.41, 5.74) is 1.71. The van der Waals surface area contributed by atoms with Gasteiger partial charge in [0.05, 0.1) is 25.7 Å². The van der Waals surface area contributed by atoms with Crippen LogP contribution in [0, 0.1) is 11.3 Å². The largest absolute Gasteiger partial charge is 0.472 e. The van der Waals surface area contributed by atoms with Crippen LogP contribution in [0.2, 0.25) is 0 Å². The minimum absolute atomic E-state index is 0.427. The van der Waals surface area contributed by atoms with Crippen LogP contribution in [-0.4, -0.2) is 70.0 Å². The molecule has 0 aliphatic carbocycles. The second-order valence-electron chi connectivity index (χ2n) is 7.15. The highest BCUT2D eigenvalue weighted by molar-refractivity contribution is 5.06. The van der Waals surface area contributed by atoms with Gasteiger partial charge in [-0.2, -0.15) is 0 Å². The molecule has 1 aromatic rings. The van der Waals surface area contributed by atoms with Crippen LogP contribution in [0.1, 0.15) is 18.4 Å². The predicted molar refractivity (Wildman–Crippen MR) is 89.3 cm³/mol. The highest BCUT2D eigenvalue weighted by atomic mass is 16.5.